The van der Waals surface area contributed by atoms with Gasteiger partial charge in [-0.25, -0.2) is 0 Å². The fourth-order valence-corrected chi connectivity index (χ4v) is 3.67. The zero-order valence-corrected chi connectivity index (χ0v) is 13.0. The highest BCUT2D eigenvalue weighted by Gasteiger charge is 2.43. The standard InChI is InChI=1S/C16H31NO2/c1-5-18-16-13(17)9-15(16)19-14-8-11(4)6-7-12(14)10(2)3/h10-16H,5-9,17H2,1-4H3. The highest BCUT2D eigenvalue weighted by atomic mass is 16.6. The Kier molecular flexibility index (Phi) is 5.27. The zero-order valence-electron chi connectivity index (χ0n) is 13.0. The molecule has 0 aromatic carbocycles. The van der Waals surface area contributed by atoms with Crippen molar-refractivity contribution in [2.45, 2.75) is 77.7 Å². The highest BCUT2D eigenvalue weighted by molar-refractivity contribution is 4.96. The summed E-state index contributed by atoms with van der Waals surface area (Å²) in [6.07, 6.45) is 5.57. The molecule has 3 nitrogen and oxygen atoms in total. The van der Waals surface area contributed by atoms with Gasteiger partial charge < -0.3 is 15.2 Å². The smallest absolute Gasteiger partial charge is 0.0988 e. The molecular formula is C16H31NO2. The third-order valence-corrected chi connectivity index (χ3v) is 4.96. The van der Waals surface area contributed by atoms with Crippen LogP contribution in [0, 0.1) is 17.8 Å². The lowest BCUT2D eigenvalue weighted by atomic mass is 9.75. The highest BCUT2D eigenvalue weighted by Crippen LogP contribution is 2.38. The van der Waals surface area contributed by atoms with Gasteiger partial charge in [0.2, 0.25) is 0 Å². The first-order chi connectivity index (χ1) is 9.02. The molecule has 2 fully saturated rings. The summed E-state index contributed by atoms with van der Waals surface area (Å²) >= 11 is 0. The van der Waals surface area contributed by atoms with Crippen molar-refractivity contribution in [1.82, 2.24) is 0 Å². The van der Waals surface area contributed by atoms with E-state index >= 15 is 0 Å². The summed E-state index contributed by atoms with van der Waals surface area (Å²) in [6.45, 7) is 9.75. The van der Waals surface area contributed by atoms with Crippen molar-refractivity contribution < 1.29 is 9.47 Å². The van der Waals surface area contributed by atoms with Gasteiger partial charge in [0.1, 0.15) is 0 Å². The average Bonchev–Trinajstić information content (AvgIpc) is 2.35. The predicted molar refractivity (Wildman–Crippen MR) is 78.0 cm³/mol. The van der Waals surface area contributed by atoms with E-state index in [4.69, 9.17) is 15.2 Å². The second-order valence-corrected chi connectivity index (χ2v) is 6.86. The molecule has 0 amide bonds. The monoisotopic (exact) mass is 269 g/mol. The van der Waals surface area contributed by atoms with Crippen LogP contribution in [-0.2, 0) is 9.47 Å². The SMILES string of the molecule is CCOC1C(N)CC1OC1CC(C)CCC1C(C)C. The van der Waals surface area contributed by atoms with Crippen molar-refractivity contribution >= 4 is 0 Å². The molecule has 6 atom stereocenters. The summed E-state index contributed by atoms with van der Waals surface area (Å²) in [7, 11) is 0. The molecular weight excluding hydrogens is 238 g/mol. The van der Waals surface area contributed by atoms with Gasteiger partial charge in [-0.3, -0.25) is 0 Å². The van der Waals surface area contributed by atoms with Crippen LogP contribution in [0.5, 0.6) is 0 Å². The van der Waals surface area contributed by atoms with E-state index in [1.54, 1.807) is 0 Å². The molecule has 0 aromatic rings. The van der Waals surface area contributed by atoms with Crippen LogP contribution >= 0.6 is 0 Å². The normalized spacial score (nSPS) is 43.3. The van der Waals surface area contributed by atoms with Crippen LogP contribution in [0.3, 0.4) is 0 Å². The first-order valence-electron chi connectivity index (χ1n) is 8.05. The Morgan fingerprint density at radius 1 is 1.16 bits per heavy atom. The fraction of sp³-hybridized carbons (Fsp3) is 1.00. The molecule has 0 aliphatic heterocycles. The Labute approximate surface area is 118 Å². The van der Waals surface area contributed by atoms with Gasteiger partial charge in [0.05, 0.1) is 18.3 Å². The zero-order chi connectivity index (χ0) is 14.0. The van der Waals surface area contributed by atoms with E-state index in [-0.39, 0.29) is 18.2 Å². The van der Waals surface area contributed by atoms with Gasteiger partial charge in [-0.2, -0.15) is 0 Å². The molecule has 2 aliphatic rings. The number of rotatable bonds is 5. The van der Waals surface area contributed by atoms with Crippen molar-refractivity contribution in [3.63, 3.8) is 0 Å². The fourth-order valence-electron chi connectivity index (χ4n) is 3.67. The molecule has 2 rings (SSSR count). The van der Waals surface area contributed by atoms with E-state index in [0.29, 0.717) is 17.9 Å². The molecule has 2 saturated carbocycles. The van der Waals surface area contributed by atoms with Gasteiger partial charge in [0.15, 0.2) is 0 Å². The Balaban J connectivity index is 1.91. The molecule has 2 N–H and O–H groups in total. The molecule has 0 heterocycles. The lowest BCUT2D eigenvalue weighted by Crippen LogP contribution is -2.59. The maximum Gasteiger partial charge on any atom is 0.0988 e. The summed E-state index contributed by atoms with van der Waals surface area (Å²) in [5.41, 5.74) is 6.02. The van der Waals surface area contributed by atoms with E-state index in [1.807, 2.05) is 6.92 Å². The van der Waals surface area contributed by atoms with Crippen molar-refractivity contribution in [2.75, 3.05) is 6.61 Å². The Morgan fingerprint density at radius 3 is 2.47 bits per heavy atom. The van der Waals surface area contributed by atoms with E-state index in [0.717, 1.165) is 18.9 Å². The average molecular weight is 269 g/mol. The summed E-state index contributed by atoms with van der Waals surface area (Å²) in [4.78, 5) is 0. The largest absolute Gasteiger partial charge is 0.374 e. The molecule has 0 spiro atoms. The third-order valence-electron chi connectivity index (χ3n) is 4.96. The van der Waals surface area contributed by atoms with Crippen LogP contribution in [-0.4, -0.2) is 31.0 Å². The van der Waals surface area contributed by atoms with Crippen LogP contribution in [0.2, 0.25) is 0 Å². The third kappa shape index (κ3) is 3.50. The minimum absolute atomic E-state index is 0.120. The quantitative estimate of drug-likeness (QED) is 0.834. The summed E-state index contributed by atoms with van der Waals surface area (Å²) in [5.74, 6) is 2.20. The lowest BCUT2D eigenvalue weighted by Gasteiger charge is -2.46. The molecule has 0 saturated heterocycles. The van der Waals surface area contributed by atoms with Crippen LogP contribution < -0.4 is 5.73 Å². The van der Waals surface area contributed by atoms with E-state index in [2.05, 4.69) is 20.8 Å². The van der Waals surface area contributed by atoms with Gasteiger partial charge in [0, 0.05) is 12.6 Å². The van der Waals surface area contributed by atoms with Gasteiger partial charge in [-0.15, -0.1) is 0 Å². The van der Waals surface area contributed by atoms with Crippen molar-refractivity contribution in [3.8, 4) is 0 Å². The predicted octanol–water partition coefficient (Wildman–Crippen LogP) is 2.97. The molecule has 112 valence electrons. The molecule has 0 aromatic heterocycles. The van der Waals surface area contributed by atoms with Crippen LogP contribution in [0.25, 0.3) is 0 Å². The maximum atomic E-state index is 6.40. The molecule has 0 bridgehead atoms. The topological polar surface area (TPSA) is 44.5 Å². The van der Waals surface area contributed by atoms with Gasteiger partial charge in [0.25, 0.3) is 0 Å². The summed E-state index contributed by atoms with van der Waals surface area (Å²) in [5, 5.41) is 0. The first kappa shape index (κ1) is 15.3. The summed E-state index contributed by atoms with van der Waals surface area (Å²) < 4.78 is 12.1. The molecule has 6 unspecified atom stereocenters. The van der Waals surface area contributed by atoms with Crippen LogP contribution in [0.15, 0.2) is 0 Å². The second kappa shape index (κ2) is 6.55. The first-order valence-corrected chi connectivity index (χ1v) is 8.05. The second-order valence-electron chi connectivity index (χ2n) is 6.86. The number of ether oxygens (including phenoxy) is 2. The van der Waals surface area contributed by atoms with Crippen molar-refractivity contribution in [2.24, 2.45) is 23.5 Å². The number of hydrogen-bond acceptors (Lipinski definition) is 3. The van der Waals surface area contributed by atoms with Crippen molar-refractivity contribution in [3.05, 3.63) is 0 Å². The Bertz CT molecular complexity index is 282. The van der Waals surface area contributed by atoms with Gasteiger partial charge >= 0.3 is 0 Å². The Morgan fingerprint density at radius 2 is 1.89 bits per heavy atom. The molecule has 0 radical (unpaired) electrons. The molecule has 2 aliphatic carbocycles. The van der Waals surface area contributed by atoms with E-state index in [1.165, 1.54) is 19.3 Å². The lowest BCUT2D eigenvalue weighted by molar-refractivity contribution is -0.181. The maximum absolute atomic E-state index is 6.40. The minimum Gasteiger partial charge on any atom is -0.374 e. The number of hydrogen-bond donors (Lipinski definition) is 1. The van der Waals surface area contributed by atoms with E-state index in [9.17, 15) is 0 Å². The molecule has 3 heteroatoms. The van der Waals surface area contributed by atoms with Crippen molar-refractivity contribution in [1.29, 1.82) is 0 Å². The van der Waals surface area contributed by atoms with E-state index < -0.39 is 0 Å². The van der Waals surface area contributed by atoms with Crippen LogP contribution in [0.1, 0.15) is 53.4 Å². The summed E-state index contributed by atoms with van der Waals surface area (Å²) in [6, 6.07) is 0.170. The minimum atomic E-state index is 0.120. The van der Waals surface area contributed by atoms with Crippen LogP contribution in [0.4, 0.5) is 0 Å². The number of nitrogens with two attached hydrogens (primary N) is 1. The molecule has 19 heavy (non-hydrogen) atoms. The van der Waals surface area contributed by atoms with Gasteiger partial charge in [-0.05, 0) is 43.9 Å². The van der Waals surface area contributed by atoms with Gasteiger partial charge in [-0.1, -0.05) is 27.2 Å². The Hall–Kier alpha value is -0.120.